The van der Waals surface area contributed by atoms with Crippen molar-refractivity contribution in [3.8, 4) is 0 Å². The van der Waals surface area contributed by atoms with Crippen molar-refractivity contribution in [3.05, 3.63) is 47.3 Å². The zero-order chi connectivity index (χ0) is 16.9. The van der Waals surface area contributed by atoms with Crippen molar-refractivity contribution in [2.24, 2.45) is 17.8 Å². The van der Waals surface area contributed by atoms with Gasteiger partial charge in [0.15, 0.2) is 0 Å². The Morgan fingerprint density at radius 1 is 1.04 bits per heavy atom. The minimum atomic E-state index is 0.398. The molecule has 4 bridgehead atoms. The van der Waals surface area contributed by atoms with Crippen molar-refractivity contribution in [2.75, 3.05) is 0 Å². The van der Waals surface area contributed by atoms with E-state index in [2.05, 4.69) is 53.0 Å². The predicted molar refractivity (Wildman–Crippen MR) is 98.0 cm³/mol. The lowest BCUT2D eigenvalue weighted by Gasteiger charge is -2.57. The molecular weight excluding hydrogens is 308 g/mol. The van der Waals surface area contributed by atoms with E-state index in [0.29, 0.717) is 5.54 Å². The van der Waals surface area contributed by atoms with Gasteiger partial charge in [-0.3, -0.25) is 0 Å². The monoisotopic (exact) mass is 336 g/mol. The number of rotatable bonds is 5. The summed E-state index contributed by atoms with van der Waals surface area (Å²) >= 11 is 0. The maximum absolute atomic E-state index is 4.40. The summed E-state index contributed by atoms with van der Waals surface area (Å²) in [4.78, 5) is 0. The average Bonchev–Trinajstić information content (AvgIpc) is 3.02. The van der Waals surface area contributed by atoms with Crippen molar-refractivity contribution in [1.82, 2.24) is 20.3 Å². The molecule has 0 radical (unpaired) electrons. The Bertz CT molecular complexity index is 710. The first kappa shape index (κ1) is 15.6. The number of nitrogens with one attached hydrogen (secondary N) is 1. The molecule has 4 aliphatic rings. The number of aryl methyl sites for hydroxylation is 1. The zero-order valence-electron chi connectivity index (χ0n) is 15.1. The SMILES string of the molecule is Cc1ccc(Cn2cc(CNC34CC5CC(CC(C5)C3)C4)nn2)cc1. The van der Waals surface area contributed by atoms with Crippen molar-refractivity contribution in [2.45, 2.75) is 64.1 Å². The minimum absolute atomic E-state index is 0.398. The molecule has 25 heavy (non-hydrogen) atoms. The fraction of sp³-hybridized carbons (Fsp3) is 0.619. The van der Waals surface area contributed by atoms with Gasteiger partial charge in [0, 0.05) is 12.1 Å². The van der Waals surface area contributed by atoms with Crippen molar-refractivity contribution < 1.29 is 0 Å². The first-order chi connectivity index (χ1) is 12.2. The summed E-state index contributed by atoms with van der Waals surface area (Å²) in [6.45, 7) is 3.78. The van der Waals surface area contributed by atoms with Crippen LogP contribution in [-0.2, 0) is 13.1 Å². The van der Waals surface area contributed by atoms with Gasteiger partial charge in [0.25, 0.3) is 0 Å². The van der Waals surface area contributed by atoms with E-state index in [1.54, 1.807) is 0 Å². The van der Waals surface area contributed by atoms with Crippen LogP contribution in [0.4, 0.5) is 0 Å². The van der Waals surface area contributed by atoms with Crippen LogP contribution in [0.15, 0.2) is 30.5 Å². The van der Waals surface area contributed by atoms with Crippen molar-refractivity contribution >= 4 is 0 Å². The molecular formula is C21H28N4. The third-order valence-corrected chi connectivity index (χ3v) is 6.73. The zero-order valence-corrected chi connectivity index (χ0v) is 15.1. The highest BCUT2D eigenvalue weighted by Gasteiger charge is 2.50. The highest BCUT2D eigenvalue weighted by molar-refractivity contribution is 5.21. The van der Waals surface area contributed by atoms with Gasteiger partial charge >= 0.3 is 0 Å². The molecule has 0 atom stereocenters. The maximum Gasteiger partial charge on any atom is 0.0965 e. The fourth-order valence-electron chi connectivity index (χ4n) is 5.98. The standard InChI is InChI=1S/C21H28N4/c1-15-2-4-16(5-3-15)13-25-14-20(23-24-25)12-22-21-9-17-6-18(10-21)8-19(7-17)11-21/h2-5,14,17-19,22H,6-13H2,1H3. The predicted octanol–water partition coefficient (Wildman–Crippen LogP) is 3.69. The largest absolute Gasteiger partial charge is 0.305 e. The van der Waals surface area contributed by atoms with Crippen LogP contribution in [0.25, 0.3) is 0 Å². The second kappa shape index (κ2) is 5.94. The van der Waals surface area contributed by atoms with Gasteiger partial charge < -0.3 is 5.32 Å². The molecule has 1 aromatic heterocycles. The van der Waals surface area contributed by atoms with Crippen LogP contribution in [-0.4, -0.2) is 20.5 Å². The van der Waals surface area contributed by atoms with Gasteiger partial charge in [0.1, 0.15) is 0 Å². The molecule has 132 valence electrons. The summed E-state index contributed by atoms with van der Waals surface area (Å²) in [5, 5.41) is 12.6. The molecule has 0 aliphatic heterocycles. The van der Waals surface area contributed by atoms with Crippen LogP contribution >= 0.6 is 0 Å². The molecule has 6 rings (SSSR count). The molecule has 0 spiro atoms. The lowest BCUT2D eigenvalue weighted by molar-refractivity contribution is -0.0207. The Morgan fingerprint density at radius 3 is 2.32 bits per heavy atom. The minimum Gasteiger partial charge on any atom is -0.305 e. The van der Waals surface area contributed by atoms with E-state index in [4.69, 9.17) is 0 Å². The summed E-state index contributed by atoms with van der Waals surface area (Å²) in [7, 11) is 0. The third kappa shape index (κ3) is 3.12. The number of hydrogen-bond donors (Lipinski definition) is 1. The molecule has 0 unspecified atom stereocenters. The van der Waals surface area contributed by atoms with Crippen molar-refractivity contribution in [1.29, 1.82) is 0 Å². The van der Waals surface area contributed by atoms with Crippen LogP contribution in [0.1, 0.15) is 55.3 Å². The summed E-state index contributed by atoms with van der Waals surface area (Å²) in [5.41, 5.74) is 4.04. The molecule has 1 aromatic carbocycles. The van der Waals surface area contributed by atoms with Gasteiger partial charge in [-0.15, -0.1) is 5.10 Å². The Hall–Kier alpha value is -1.68. The molecule has 4 heteroatoms. The second-order valence-electron chi connectivity index (χ2n) is 8.94. The molecule has 1 N–H and O–H groups in total. The van der Waals surface area contributed by atoms with E-state index in [0.717, 1.165) is 36.5 Å². The van der Waals surface area contributed by atoms with E-state index in [1.165, 1.54) is 49.7 Å². The van der Waals surface area contributed by atoms with E-state index < -0.39 is 0 Å². The maximum atomic E-state index is 4.40. The van der Waals surface area contributed by atoms with E-state index in [9.17, 15) is 0 Å². The quantitative estimate of drug-likeness (QED) is 0.905. The Kier molecular flexibility index (Phi) is 3.70. The summed E-state index contributed by atoms with van der Waals surface area (Å²) in [6, 6.07) is 8.65. The van der Waals surface area contributed by atoms with Gasteiger partial charge in [0.2, 0.25) is 0 Å². The van der Waals surface area contributed by atoms with E-state index >= 15 is 0 Å². The molecule has 2 aromatic rings. The first-order valence-corrected chi connectivity index (χ1v) is 9.85. The Morgan fingerprint density at radius 2 is 1.68 bits per heavy atom. The fourth-order valence-corrected chi connectivity index (χ4v) is 5.98. The summed E-state index contributed by atoms with van der Waals surface area (Å²) < 4.78 is 1.96. The number of hydrogen-bond acceptors (Lipinski definition) is 3. The lowest BCUT2D eigenvalue weighted by Crippen LogP contribution is -2.58. The highest BCUT2D eigenvalue weighted by atomic mass is 15.4. The molecule has 4 aliphatic carbocycles. The molecule has 0 amide bonds. The van der Waals surface area contributed by atoms with Crippen LogP contribution in [0, 0.1) is 24.7 Å². The molecule has 4 fully saturated rings. The van der Waals surface area contributed by atoms with Crippen LogP contribution in [0.3, 0.4) is 0 Å². The van der Waals surface area contributed by atoms with E-state index in [1.807, 2.05) is 4.68 Å². The highest BCUT2D eigenvalue weighted by Crippen LogP contribution is 2.55. The average molecular weight is 336 g/mol. The van der Waals surface area contributed by atoms with Gasteiger partial charge in [-0.2, -0.15) is 0 Å². The number of benzene rings is 1. The third-order valence-electron chi connectivity index (χ3n) is 6.73. The normalized spacial score (nSPS) is 33.1. The smallest absolute Gasteiger partial charge is 0.0965 e. The van der Waals surface area contributed by atoms with E-state index in [-0.39, 0.29) is 0 Å². The van der Waals surface area contributed by atoms with Gasteiger partial charge in [-0.25, -0.2) is 4.68 Å². The molecule has 4 saturated carbocycles. The number of nitrogens with zero attached hydrogens (tertiary/aromatic N) is 3. The Labute approximate surface area is 150 Å². The molecule has 0 saturated heterocycles. The summed E-state index contributed by atoms with van der Waals surface area (Å²) in [5.74, 6) is 2.95. The van der Waals surface area contributed by atoms with Crippen LogP contribution in [0.2, 0.25) is 0 Å². The molecule has 4 nitrogen and oxygen atoms in total. The van der Waals surface area contributed by atoms with Gasteiger partial charge in [0.05, 0.1) is 18.4 Å². The van der Waals surface area contributed by atoms with Crippen molar-refractivity contribution in [3.63, 3.8) is 0 Å². The van der Waals surface area contributed by atoms with Gasteiger partial charge in [-0.1, -0.05) is 35.0 Å². The molecule has 1 heterocycles. The lowest BCUT2D eigenvalue weighted by atomic mass is 9.53. The Balaban J connectivity index is 1.22. The van der Waals surface area contributed by atoms with Gasteiger partial charge in [-0.05, 0) is 68.8 Å². The second-order valence-corrected chi connectivity index (χ2v) is 8.94. The van der Waals surface area contributed by atoms with Crippen LogP contribution in [0.5, 0.6) is 0 Å². The first-order valence-electron chi connectivity index (χ1n) is 9.85. The van der Waals surface area contributed by atoms with Crippen LogP contribution < -0.4 is 5.32 Å². The number of aromatic nitrogens is 3. The topological polar surface area (TPSA) is 42.7 Å². The summed E-state index contributed by atoms with van der Waals surface area (Å²) in [6.07, 6.45) is 10.7.